The molecule has 0 atom stereocenters. The van der Waals surface area contributed by atoms with E-state index in [1.165, 1.54) is 29.2 Å². The molecule has 1 aromatic carbocycles. The molecule has 10 nitrogen and oxygen atoms in total. The van der Waals surface area contributed by atoms with Gasteiger partial charge in [-0.15, -0.1) is 0 Å². The number of rotatable bonds is 5. The minimum absolute atomic E-state index is 0.115. The van der Waals surface area contributed by atoms with E-state index in [9.17, 15) is 14.3 Å². The zero-order valence-corrected chi connectivity index (χ0v) is 16.8. The summed E-state index contributed by atoms with van der Waals surface area (Å²) in [6.07, 6.45) is 3.67. The lowest BCUT2D eigenvalue weighted by atomic mass is 10.0. The van der Waals surface area contributed by atoms with E-state index in [1.54, 1.807) is 17.5 Å². The first-order valence-corrected chi connectivity index (χ1v) is 9.66. The average Bonchev–Trinajstić information content (AvgIpc) is 3.50. The number of aromatic nitrogens is 5. The topological polar surface area (TPSA) is 111 Å². The Labute approximate surface area is 180 Å². The summed E-state index contributed by atoms with van der Waals surface area (Å²) in [6.45, 7) is 8.00. The minimum atomic E-state index is -1.15. The summed E-state index contributed by atoms with van der Waals surface area (Å²) in [5.41, 5.74) is 2.60. The van der Waals surface area contributed by atoms with Crippen molar-refractivity contribution in [3.63, 3.8) is 0 Å². The molecule has 0 radical (unpaired) electrons. The molecule has 0 spiro atoms. The summed E-state index contributed by atoms with van der Waals surface area (Å²) in [4.78, 5) is 23.5. The Morgan fingerprint density at radius 2 is 2.28 bits per heavy atom. The third-order valence-corrected chi connectivity index (χ3v) is 5.33. The van der Waals surface area contributed by atoms with Crippen molar-refractivity contribution < 1.29 is 19.0 Å². The van der Waals surface area contributed by atoms with Gasteiger partial charge >= 0.3 is 5.97 Å². The van der Waals surface area contributed by atoms with Crippen molar-refractivity contribution in [3.8, 4) is 17.0 Å². The molecule has 3 aromatic heterocycles. The number of ether oxygens (including phenoxy) is 1. The van der Waals surface area contributed by atoms with Gasteiger partial charge in [-0.25, -0.2) is 14.2 Å². The quantitative estimate of drug-likeness (QED) is 0.465. The van der Waals surface area contributed by atoms with Crippen LogP contribution in [-0.2, 0) is 20.0 Å². The number of hydrogen-bond acceptors (Lipinski definition) is 6. The molecule has 0 bridgehead atoms. The number of fused-ring (bicyclic) bond motifs is 2. The maximum absolute atomic E-state index is 14.5. The molecule has 1 aliphatic heterocycles. The number of carboxylic acids is 1. The van der Waals surface area contributed by atoms with Crippen molar-refractivity contribution in [2.24, 2.45) is 7.05 Å². The van der Waals surface area contributed by atoms with Crippen molar-refractivity contribution in [3.05, 3.63) is 64.6 Å². The molecule has 4 heterocycles. The second-order valence-electron chi connectivity index (χ2n) is 7.20. The van der Waals surface area contributed by atoms with Gasteiger partial charge in [0.2, 0.25) is 11.6 Å². The highest BCUT2D eigenvalue weighted by Gasteiger charge is 2.22. The lowest BCUT2D eigenvalue weighted by molar-refractivity contribution is 0.0689. The van der Waals surface area contributed by atoms with E-state index < -0.39 is 5.97 Å². The van der Waals surface area contributed by atoms with E-state index in [-0.39, 0.29) is 23.9 Å². The van der Waals surface area contributed by atoms with E-state index >= 15 is 0 Å². The van der Waals surface area contributed by atoms with Crippen LogP contribution >= 0.6 is 0 Å². The first-order chi connectivity index (χ1) is 15.5. The van der Waals surface area contributed by atoms with E-state index in [2.05, 4.69) is 25.2 Å². The van der Waals surface area contributed by atoms with Gasteiger partial charge in [0.25, 0.3) is 5.82 Å². The highest BCUT2D eigenvalue weighted by molar-refractivity contribution is 5.88. The second-order valence-corrected chi connectivity index (χ2v) is 7.20. The normalized spacial score (nSPS) is 12.4. The van der Waals surface area contributed by atoms with Crippen LogP contribution in [-0.4, -0.2) is 41.8 Å². The van der Waals surface area contributed by atoms with Crippen molar-refractivity contribution in [2.75, 3.05) is 11.9 Å². The minimum Gasteiger partial charge on any atom is -0.493 e. The van der Waals surface area contributed by atoms with Crippen LogP contribution in [0.5, 0.6) is 5.75 Å². The van der Waals surface area contributed by atoms with Gasteiger partial charge in [0.1, 0.15) is 11.6 Å². The van der Waals surface area contributed by atoms with Crippen LogP contribution in [0.15, 0.2) is 30.6 Å². The van der Waals surface area contributed by atoms with Crippen molar-refractivity contribution >= 4 is 23.4 Å². The van der Waals surface area contributed by atoms with Crippen molar-refractivity contribution in [1.82, 2.24) is 24.1 Å². The fraction of sp³-hybridized carbons (Fsp3) is 0.190. The Hall–Kier alpha value is -4.46. The van der Waals surface area contributed by atoms with Crippen LogP contribution in [0.4, 0.5) is 16.2 Å². The average molecular weight is 433 g/mol. The van der Waals surface area contributed by atoms with Crippen LogP contribution < -0.4 is 10.1 Å². The molecule has 0 saturated carbocycles. The molecule has 0 unspecified atom stereocenters. The molecule has 0 fully saturated rings. The molecule has 11 heteroatoms. The van der Waals surface area contributed by atoms with E-state index in [0.717, 1.165) is 5.56 Å². The molecule has 0 amide bonds. The van der Waals surface area contributed by atoms with Crippen LogP contribution in [0.2, 0.25) is 0 Å². The number of anilines is 1. The predicted octanol–water partition coefficient (Wildman–Crippen LogP) is 3.06. The molecule has 5 rings (SSSR count). The van der Waals surface area contributed by atoms with E-state index in [1.807, 2.05) is 0 Å². The lowest BCUT2D eigenvalue weighted by Gasteiger charge is -2.12. The van der Waals surface area contributed by atoms with Gasteiger partial charge in [-0.05, 0) is 18.2 Å². The van der Waals surface area contributed by atoms with Gasteiger partial charge < -0.3 is 20.0 Å². The first kappa shape index (κ1) is 19.5. The monoisotopic (exact) mass is 433 g/mol. The van der Waals surface area contributed by atoms with Crippen molar-refractivity contribution in [2.45, 2.75) is 13.0 Å². The summed E-state index contributed by atoms with van der Waals surface area (Å²) < 4.78 is 23.0. The number of nitrogens with zero attached hydrogens (tertiary/aromatic N) is 6. The molecular weight excluding hydrogens is 417 g/mol. The molecule has 0 saturated heterocycles. The number of carbonyl (C=O) groups is 1. The number of aryl methyl sites for hydroxylation is 1. The molecule has 32 heavy (non-hydrogen) atoms. The number of nitrogens with one attached hydrogen (secondary N) is 1. The Kier molecular flexibility index (Phi) is 4.48. The Morgan fingerprint density at radius 3 is 3.03 bits per heavy atom. The zero-order chi connectivity index (χ0) is 22.4. The fourth-order valence-corrected chi connectivity index (χ4v) is 3.83. The molecule has 4 aromatic rings. The standard InChI is InChI=1S/C21H16FN7O3/c1-23-18-10-29-19(26-18)13(16-7-15(20(30)31)27-28(16)2)9-25-21(29)24-8-12-11-5-6-32-17(11)4-3-14(12)22/h3-4,7,9-10H,5-6,8H2,2H3,(H,24,25)(H,30,31). The largest absolute Gasteiger partial charge is 0.493 e. The summed E-state index contributed by atoms with van der Waals surface area (Å²) in [7, 11) is 1.62. The SMILES string of the molecule is [C-]#[N+]c1cn2c(NCc3c(F)ccc4c3CCO4)ncc(-c3cc(C(=O)O)nn3C)c2n1. The van der Waals surface area contributed by atoms with Gasteiger partial charge in [0, 0.05) is 43.5 Å². The Bertz CT molecular complexity index is 1430. The maximum atomic E-state index is 14.5. The second kappa shape index (κ2) is 7.35. The smallest absolute Gasteiger partial charge is 0.356 e. The zero-order valence-electron chi connectivity index (χ0n) is 16.8. The van der Waals surface area contributed by atoms with Crippen LogP contribution in [0.3, 0.4) is 0 Å². The number of carboxylic acid groups (broad SMARTS) is 1. The molecule has 2 N–H and O–H groups in total. The lowest BCUT2D eigenvalue weighted by Crippen LogP contribution is -2.10. The molecular formula is C21H16FN7O3. The fourth-order valence-electron chi connectivity index (χ4n) is 3.83. The van der Waals surface area contributed by atoms with Gasteiger partial charge in [-0.3, -0.25) is 9.08 Å². The summed E-state index contributed by atoms with van der Waals surface area (Å²) >= 11 is 0. The van der Waals surface area contributed by atoms with Gasteiger partial charge in [-0.1, -0.05) is 11.6 Å². The summed E-state index contributed by atoms with van der Waals surface area (Å²) in [5.74, 6) is -0.301. The maximum Gasteiger partial charge on any atom is 0.356 e. The van der Waals surface area contributed by atoms with Gasteiger partial charge in [-0.2, -0.15) is 5.10 Å². The van der Waals surface area contributed by atoms with Crippen LogP contribution in [0.25, 0.3) is 21.7 Å². The number of hydrogen-bond donors (Lipinski definition) is 2. The van der Waals surface area contributed by atoms with Crippen LogP contribution in [0.1, 0.15) is 21.6 Å². The first-order valence-electron chi connectivity index (χ1n) is 9.66. The Balaban J connectivity index is 1.56. The number of imidazole rings is 1. The molecule has 1 aliphatic rings. The van der Waals surface area contributed by atoms with E-state index in [0.29, 0.717) is 47.2 Å². The number of aromatic carboxylic acids is 1. The molecule has 160 valence electrons. The predicted molar refractivity (Wildman–Crippen MR) is 111 cm³/mol. The highest BCUT2D eigenvalue weighted by atomic mass is 19.1. The number of benzene rings is 1. The summed E-state index contributed by atoms with van der Waals surface area (Å²) in [5, 5.41) is 16.3. The third-order valence-electron chi connectivity index (χ3n) is 5.33. The van der Waals surface area contributed by atoms with Gasteiger partial charge in [0.15, 0.2) is 5.69 Å². The van der Waals surface area contributed by atoms with Crippen molar-refractivity contribution in [1.29, 1.82) is 0 Å². The number of halogens is 1. The van der Waals surface area contributed by atoms with E-state index in [4.69, 9.17) is 11.3 Å². The Morgan fingerprint density at radius 1 is 1.44 bits per heavy atom. The third kappa shape index (κ3) is 3.09. The van der Waals surface area contributed by atoms with Gasteiger partial charge in [0.05, 0.1) is 17.9 Å². The highest BCUT2D eigenvalue weighted by Crippen LogP contribution is 2.32. The molecule has 0 aliphatic carbocycles. The van der Waals surface area contributed by atoms with Crippen LogP contribution in [0, 0.1) is 12.4 Å². The summed E-state index contributed by atoms with van der Waals surface area (Å²) in [6, 6.07) is 4.43.